The summed E-state index contributed by atoms with van der Waals surface area (Å²) in [6.45, 7) is 3.84. The van der Waals surface area contributed by atoms with Gasteiger partial charge in [-0.05, 0) is 97.1 Å². The highest BCUT2D eigenvalue weighted by Gasteiger charge is 2.57. The first kappa shape index (κ1) is 73.4. The van der Waals surface area contributed by atoms with Gasteiger partial charge in [0.15, 0.2) is 0 Å². The van der Waals surface area contributed by atoms with E-state index in [-0.39, 0.29) is 73.2 Å². The highest BCUT2D eigenvalue weighted by Crippen LogP contribution is 2.36. The van der Waals surface area contributed by atoms with Crippen molar-refractivity contribution in [3.63, 3.8) is 0 Å². The van der Waals surface area contributed by atoms with Gasteiger partial charge in [-0.2, -0.15) is 23.5 Å². The van der Waals surface area contributed by atoms with Crippen molar-refractivity contribution >= 4 is 94.1 Å². The summed E-state index contributed by atoms with van der Waals surface area (Å²) < 4.78 is 23.0. The Morgan fingerprint density at radius 2 is 0.800 bits per heavy atom. The van der Waals surface area contributed by atoms with Crippen LogP contribution in [-0.4, -0.2) is 235 Å². The topological polar surface area (TPSA) is 466 Å². The molecular weight excluding hydrogens is 1220 g/mol. The molecule has 2 fully saturated rings. The monoisotopic (exact) mass is 1300 g/mol. The smallest absolute Gasteiger partial charge is 0.364 e. The van der Waals surface area contributed by atoms with Crippen molar-refractivity contribution in [2.75, 3.05) is 73.0 Å². The number of carbonyl (C=O) groups is 10. The Hall–Kier alpha value is -7.34. The number of anilines is 2. The molecule has 32 heteroatoms. The van der Waals surface area contributed by atoms with Gasteiger partial charge < -0.3 is 102 Å². The van der Waals surface area contributed by atoms with Gasteiger partial charge in [0.1, 0.15) is 24.4 Å². The number of rotatable bonds is 34. The lowest BCUT2D eigenvalue weighted by atomic mass is 9.88. The van der Waals surface area contributed by atoms with Gasteiger partial charge in [-0.3, -0.25) is 38.4 Å². The Labute approximate surface area is 525 Å². The summed E-state index contributed by atoms with van der Waals surface area (Å²) in [5, 5.41) is 107. The van der Waals surface area contributed by atoms with Crippen LogP contribution in [0.2, 0.25) is 0 Å². The molecule has 12 atom stereocenters. The van der Waals surface area contributed by atoms with Gasteiger partial charge in [0.25, 0.3) is 35.2 Å². The molecule has 5 rings (SSSR count). The number of hydrogen-bond donors (Lipinski definition) is 16. The van der Waals surface area contributed by atoms with Crippen molar-refractivity contribution < 1.29 is 108 Å². The fraction of sp³-hybridized carbons (Fsp3) is 0.517. The van der Waals surface area contributed by atoms with Gasteiger partial charge in [-0.15, -0.1) is 0 Å². The minimum atomic E-state index is -2.51. The molecule has 30 nitrogen and oxygen atoms in total. The Balaban J connectivity index is 0.985. The Kier molecular flexibility index (Phi) is 28.8. The van der Waals surface area contributed by atoms with E-state index >= 15 is 0 Å². The van der Waals surface area contributed by atoms with E-state index in [1.165, 1.54) is 110 Å². The van der Waals surface area contributed by atoms with E-state index in [1.807, 2.05) is 0 Å². The fourth-order valence-corrected chi connectivity index (χ4v) is 11.0. The molecule has 0 radical (unpaired) electrons. The summed E-state index contributed by atoms with van der Waals surface area (Å²) in [4.78, 5) is 123. The molecule has 8 amide bonds. The van der Waals surface area contributed by atoms with Crippen molar-refractivity contribution in [3.8, 4) is 0 Å². The molecule has 90 heavy (non-hydrogen) atoms. The lowest BCUT2D eigenvalue weighted by Crippen LogP contribution is -2.68. The van der Waals surface area contributed by atoms with Gasteiger partial charge >= 0.3 is 11.9 Å². The van der Waals surface area contributed by atoms with Crippen LogP contribution in [0.5, 0.6) is 0 Å². The van der Waals surface area contributed by atoms with Crippen molar-refractivity contribution in [3.05, 3.63) is 95.1 Å². The minimum absolute atomic E-state index is 0.153. The van der Waals surface area contributed by atoms with Crippen LogP contribution >= 0.6 is 23.5 Å². The number of amides is 8. The van der Waals surface area contributed by atoms with E-state index in [0.29, 0.717) is 34.4 Å². The van der Waals surface area contributed by atoms with Crippen molar-refractivity contribution in [1.29, 1.82) is 0 Å². The quantitative estimate of drug-likeness (QED) is 0.0303. The Morgan fingerprint density at radius 3 is 1.10 bits per heavy atom. The highest BCUT2D eigenvalue weighted by atomic mass is 32.2. The summed E-state index contributed by atoms with van der Waals surface area (Å²) in [5.74, 6) is -10.7. The van der Waals surface area contributed by atoms with Gasteiger partial charge in [0.05, 0.1) is 49.7 Å². The summed E-state index contributed by atoms with van der Waals surface area (Å²) in [7, 11) is 0. The van der Waals surface area contributed by atoms with Crippen molar-refractivity contribution in [2.45, 2.75) is 126 Å². The molecule has 0 aliphatic carbocycles. The largest absolute Gasteiger partial charge is 0.477 e. The predicted octanol–water partition coefficient (Wildman–Crippen LogP) is -1.48. The number of benzene rings is 3. The van der Waals surface area contributed by atoms with Crippen LogP contribution in [0.4, 0.5) is 11.4 Å². The van der Waals surface area contributed by atoms with Crippen LogP contribution in [0, 0.1) is 0 Å². The summed E-state index contributed by atoms with van der Waals surface area (Å²) in [6.07, 6.45) is -15.0. The molecule has 2 heterocycles. The normalized spacial score (nSPS) is 22.6. The van der Waals surface area contributed by atoms with E-state index in [4.69, 9.17) is 18.9 Å². The van der Waals surface area contributed by atoms with Crippen LogP contribution < -0.4 is 42.5 Å². The maximum atomic E-state index is 12.9. The second-order valence-electron chi connectivity index (χ2n) is 21.0. The zero-order valence-electron chi connectivity index (χ0n) is 49.7. The molecule has 0 unspecified atom stereocenters. The fourth-order valence-electron chi connectivity index (χ4n) is 9.45. The number of carboxylic acids is 2. The molecule has 3 aromatic carbocycles. The molecule has 0 spiro atoms. The number of aliphatic hydroxyl groups excluding tert-OH is 6. The number of ether oxygens (including phenoxy) is 4. The van der Waals surface area contributed by atoms with E-state index < -0.39 is 146 Å². The maximum absolute atomic E-state index is 12.9. The number of thioether (sulfide) groups is 2. The van der Waals surface area contributed by atoms with Crippen LogP contribution in [0.15, 0.2) is 72.8 Å². The van der Waals surface area contributed by atoms with Crippen LogP contribution in [0.25, 0.3) is 0 Å². The predicted molar refractivity (Wildman–Crippen MR) is 324 cm³/mol. The summed E-state index contributed by atoms with van der Waals surface area (Å²) >= 11 is 2.81. The lowest BCUT2D eigenvalue weighted by Gasteiger charge is -2.46. The first-order valence-electron chi connectivity index (χ1n) is 28.5. The Morgan fingerprint density at radius 1 is 0.489 bits per heavy atom. The number of carbonyl (C=O) groups excluding carboxylic acids is 8. The van der Waals surface area contributed by atoms with Crippen LogP contribution in [0.1, 0.15) is 94.8 Å². The molecule has 2 aliphatic rings. The number of aliphatic carboxylic acids is 2. The number of hydrogen-bond acceptors (Lipinski definition) is 22. The molecule has 0 bridgehead atoms. The van der Waals surface area contributed by atoms with Crippen LogP contribution in [-0.2, 0) is 47.7 Å². The number of nitrogens with one attached hydrogen (secondary N) is 8. The second kappa shape index (κ2) is 35.3. The molecular formula is C58H78N8O22S2. The third-order valence-corrected chi connectivity index (χ3v) is 16.0. The number of carboxylic acid groups (broad SMARTS) is 2. The van der Waals surface area contributed by atoms with E-state index in [2.05, 4.69) is 42.5 Å². The van der Waals surface area contributed by atoms with Gasteiger partial charge in [-0.25, -0.2) is 9.59 Å². The number of aliphatic hydroxyl groups is 6. The molecule has 494 valence electrons. The highest BCUT2D eigenvalue weighted by molar-refractivity contribution is 7.99. The first-order valence-corrected chi connectivity index (χ1v) is 30.8. The van der Waals surface area contributed by atoms with E-state index in [0.717, 1.165) is 13.8 Å². The zero-order valence-corrected chi connectivity index (χ0v) is 51.3. The maximum Gasteiger partial charge on any atom is 0.364 e. The first-order chi connectivity index (χ1) is 42.6. The average molecular weight is 1300 g/mol. The molecule has 16 N–H and O–H groups in total. The lowest BCUT2D eigenvalue weighted by molar-refractivity contribution is -0.310. The molecule has 3 aromatic rings. The molecule has 0 aromatic heterocycles. The third kappa shape index (κ3) is 22.0. The second-order valence-corrected chi connectivity index (χ2v) is 23.5. The molecule has 2 saturated heterocycles. The minimum Gasteiger partial charge on any atom is -0.477 e. The SMILES string of the molecule is CC(=O)Nc1ccc(C(=O)NC[C@@H](O)[C@@H](O)[C@@H]2O[C@@](OCCCSCCNC(=O)c3ccc(C(=O)NCCSCCCO[C@]4(C(=O)O)C[C@H](O)[C@@H](NC(C)=O)[C@H]([C@H](O)[C@H](O)CNC(=O)c5ccc(NC(C)=O)cc5)O4)cc3)(C(=O)O)C[C@H](O)[C@H]2NC(C)=O)cc1. The average Bonchev–Trinajstić information content (AvgIpc) is 1.03. The summed E-state index contributed by atoms with van der Waals surface area (Å²) in [6, 6.07) is 14.7. The molecule has 0 saturated carbocycles. The van der Waals surface area contributed by atoms with Crippen LogP contribution in [0.3, 0.4) is 0 Å². The van der Waals surface area contributed by atoms with E-state index in [9.17, 15) is 88.8 Å². The zero-order chi connectivity index (χ0) is 66.3. The van der Waals surface area contributed by atoms with Gasteiger partial charge in [0.2, 0.25) is 23.6 Å². The van der Waals surface area contributed by atoms with Gasteiger partial charge in [-0.1, -0.05) is 0 Å². The van der Waals surface area contributed by atoms with Gasteiger partial charge in [0, 0.05) is 112 Å². The molecule has 2 aliphatic heterocycles. The summed E-state index contributed by atoms with van der Waals surface area (Å²) in [5.41, 5.74) is 1.74. The van der Waals surface area contributed by atoms with E-state index in [1.54, 1.807) is 0 Å². The third-order valence-electron chi connectivity index (χ3n) is 13.9. The standard InChI is InChI=1S/C58H78N8O22S2/c1-31(67)63-39-15-11-37(12-16-39)53(79)61-29-43(73)47(75)49-45(65-33(3)69)41(71)27-57(87-49,55(81)82)85-21-5-23-89-25-19-59-51(77)35-7-9-36(10-8-35)52(78)60-20-26-90-24-6-22-86-58(56(83)84)28-42(72)46(66-34(4)70)50(88-58)48(76)44(74)30-62-54(80)38-13-17-40(18-14-38)64-32(2)68/h7-18,41-50,71-76H,5-6,19-30H2,1-4H3,(H,59,77)(H,60,78)(H,61,79)(H,62,80)(H,63,67)(H,64,68)(H,65,69)(H,66,70)(H,81,82)(H,83,84)/t41-,42-,43+,44+,45+,46+,47+,48+,49+,50+,57+,58+/m0/s1. The van der Waals surface area contributed by atoms with Crippen molar-refractivity contribution in [2.24, 2.45) is 0 Å². The van der Waals surface area contributed by atoms with Crippen molar-refractivity contribution in [1.82, 2.24) is 31.9 Å². The Bertz CT molecular complexity index is 2760.